The number of nitrogens with one attached hydrogen (secondary N) is 1. The van der Waals surface area contributed by atoms with E-state index in [0.29, 0.717) is 10.0 Å². The summed E-state index contributed by atoms with van der Waals surface area (Å²) in [4.78, 5) is 0. The van der Waals surface area contributed by atoms with Crippen molar-refractivity contribution in [1.29, 1.82) is 0 Å². The van der Waals surface area contributed by atoms with Crippen molar-refractivity contribution in [2.75, 3.05) is 6.54 Å². The maximum absolute atomic E-state index is 13.9. The van der Waals surface area contributed by atoms with E-state index in [9.17, 15) is 4.39 Å². The lowest BCUT2D eigenvalue weighted by molar-refractivity contribution is 0.501. The Labute approximate surface area is 105 Å². The summed E-state index contributed by atoms with van der Waals surface area (Å²) in [5, 5.41) is 3.32. The zero-order valence-electron chi connectivity index (χ0n) is 9.47. The first kappa shape index (κ1) is 13.4. The molecule has 0 saturated carbocycles. The third kappa shape index (κ3) is 3.42. The first-order chi connectivity index (χ1) is 7.70. The van der Waals surface area contributed by atoms with Gasteiger partial charge in [-0.3, -0.25) is 0 Å². The van der Waals surface area contributed by atoms with Crippen molar-refractivity contribution in [3.8, 4) is 0 Å². The highest BCUT2D eigenvalue weighted by molar-refractivity contribution is 9.10. The Bertz CT molecular complexity index is 352. The smallest absolute Gasteiger partial charge is 0.142 e. The fraction of sp³-hybridized carbons (Fsp3) is 0.385. The van der Waals surface area contributed by atoms with Gasteiger partial charge in [-0.15, -0.1) is 6.58 Å². The van der Waals surface area contributed by atoms with Crippen LogP contribution in [0.1, 0.15) is 31.4 Å². The molecule has 1 unspecified atom stereocenters. The van der Waals surface area contributed by atoms with Crippen LogP contribution in [-0.4, -0.2) is 6.54 Å². The van der Waals surface area contributed by atoms with E-state index >= 15 is 0 Å². The Morgan fingerprint density at radius 3 is 2.94 bits per heavy atom. The third-order valence-corrected chi connectivity index (χ3v) is 3.01. The zero-order valence-corrected chi connectivity index (χ0v) is 11.1. The fourth-order valence-corrected chi connectivity index (χ4v) is 1.98. The number of halogens is 2. The van der Waals surface area contributed by atoms with Crippen LogP contribution in [0.5, 0.6) is 0 Å². The molecular formula is C13H17BrFN. The van der Waals surface area contributed by atoms with Gasteiger partial charge in [-0.1, -0.05) is 25.1 Å². The molecule has 1 rings (SSSR count). The molecule has 88 valence electrons. The minimum atomic E-state index is -0.182. The summed E-state index contributed by atoms with van der Waals surface area (Å²) in [6, 6.07) is 5.39. The van der Waals surface area contributed by atoms with Crippen LogP contribution in [0, 0.1) is 5.82 Å². The van der Waals surface area contributed by atoms with E-state index in [0.717, 1.165) is 19.4 Å². The Morgan fingerprint density at radius 1 is 1.56 bits per heavy atom. The molecule has 0 aliphatic heterocycles. The van der Waals surface area contributed by atoms with E-state index in [1.807, 2.05) is 18.2 Å². The number of hydrogen-bond donors (Lipinski definition) is 1. The summed E-state index contributed by atoms with van der Waals surface area (Å²) in [6.07, 6.45) is 3.57. The summed E-state index contributed by atoms with van der Waals surface area (Å²) < 4.78 is 14.4. The largest absolute Gasteiger partial charge is 0.310 e. The van der Waals surface area contributed by atoms with E-state index in [-0.39, 0.29) is 11.9 Å². The van der Waals surface area contributed by atoms with Gasteiger partial charge in [0.1, 0.15) is 5.82 Å². The molecule has 0 aliphatic rings. The molecule has 0 fully saturated rings. The molecule has 0 radical (unpaired) electrons. The van der Waals surface area contributed by atoms with Gasteiger partial charge >= 0.3 is 0 Å². The number of benzene rings is 1. The maximum Gasteiger partial charge on any atom is 0.142 e. The molecule has 1 atom stereocenters. The highest BCUT2D eigenvalue weighted by Crippen LogP contribution is 2.25. The SMILES string of the molecule is C=CCC(NCCC)c1cccc(Br)c1F. The highest BCUT2D eigenvalue weighted by Gasteiger charge is 2.15. The lowest BCUT2D eigenvalue weighted by atomic mass is 10.0. The van der Waals surface area contributed by atoms with Crippen molar-refractivity contribution >= 4 is 15.9 Å². The molecule has 0 heterocycles. The first-order valence-corrected chi connectivity index (χ1v) is 6.28. The van der Waals surface area contributed by atoms with Crippen LogP contribution in [-0.2, 0) is 0 Å². The van der Waals surface area contributed by atoms with Gasteiger partial charge < -0.3 is 5.32 Å². The summed E-state index contributed by atoms with van der Waals surface area (Å²) in [5.41, 5.74) is 0.697. The van der Waals surface area contributed by atoms with Crippen LogP contribution in [0.25, 0.3) is 0 Å². The molecule has 3 heteroatoms. The van der Waals surface area contributed by atoms with E-state index in [4.69, 9.17) is 0 Å². The minimum absolute atomic E-state index is 0.00921. The van der Waals surface area contributed by atoms with Crippen molar-refractivity contribution in [2.24, 2.45) is 0 Å². The average molecular weight is 286 g/mol. The van der Waals surface area contributed by atoms with Gasteiger partial charge in [0, 0.05) is 11.6 Å². The van der Waals surface area contributed by atoms with Crippen LogP contribution in [0.3, 0.4) is 0 Å². The quantitative estimate of drug-likeness (QED) is 0.773. The predicted molar refractivity (Wildman–Crippen MR) is 69.9 cm³/mol. The normalized spacial score (nSPS) is 12.4. The van der Waals surface area contributed by atoms with Crippen molar-refractivity contribution in [2.45, 2.75) is 25.8 Å². The number of rotatable bonds is 6. The molecule has 0 bridgehead atoms. The summed E-state index contributed by atoms with van der Waals surface area (Å²) in [5.74, 6) is -0.182. The molecule has 1 aromatic carbocycles. The highest BCUT2D eigenvalue weighted by atomic mass is 79.9. The minimum Gasteiger partial charge on any atom is -0.310 e. The van der Waals surface area contributed by atoms with Gasteiger partial charge in [0.05, 0.1) is 4.47 Å². The van der Waals surface area contributed by atoms with Gasteiger partial charge in [0.15, 0.2) is 0 Å². The van der Waals surface area contributed by atoms with Crippen molar-refractivity contribution < 1.29 is 4.39 Å². The Kier molecular flexibility index (Phi) is 5.71. The topological polar surface area (TPSA) is 12.0 Å². The van der Waals surface area contributed by atoms with Gasteiger partial charge in [0.2, 0.25) is 0 Å². The molecule has 1 N–H and O–H groups in total. The summed E-state index contributed by atoms with van der Waals surface area (Å²) >= 11 is 3.21. The van der Waals surface area contributed by atoms with Crippen molar-refractivity contribution in [1.82, 2.24) is 5.32 Å². The predicted octanol–water partition coefficient (Wildman–Crippen LogP) is 4.21. The Morgan fingerprint density at radius 2 is 2.31 bits per heavy atom. The Balaban J connectivity index is 2.91. The third-order valence-electron chi connectivity index (χ3n) is 2.40. The second kappa shape index (κ2) is 6.81. The van der Waals surface area contributed by atoms with Gasteiger partial charge in [0.25, 0.3) is 0 Å². The van der Waals surface area contributed by atoms with Crippen molar-refractivity contribution in [3.05, 3.63) is 46.7 Å². The maximum atomic E-state index is 13.9. The van der Waals surface area contributed by atoms with Crippen LogP contribution in [0.4, 0.5) is 4.39 Å². The molecule has 1 aromatic rings. The summed E-state index contributed by atoms with van der Waals surface area (Å²) in [7, 11) is 0. The molecule has 16 heavy (non-hydrogen) atoms. The van der Waals surface area contributed by atoms with Crippen LogP contribution in [0.2, 0.25) is 0 Å². The second-order valence-electron chi connectivity index (χ2n) is 3.67. The van der Waals surface area contributed by atoms with E-state index in [2.05, 4.69) is 34.7 Å². The molecule has 0 amide bonds. The van der Waals surface area contributed by atoms with E-state index < -0.39 is 0 Å². The lowest BCUT2D eigenvalue weighted by Crippen LogP contribution is -2.22. The Hall–Kier alpha value is -0.670. The van der Waals surface area contributed by atoms with Gasteiger partial charge in [-0.05, 0) is 41.4 Å². The molecule has 0 aromatic heterocycles. The van der Waals surface area contributed by atoms with Crippen LogP contribution >= 0.6 is 15.9 Å². The fourth-order valence-electron chi connectivity index (χ4n) is 1.60. The first-order valence-electron chi connectivity index (χ1n) is 5.48. The van der Waals surface area contributed by atoms with Crippen LogP contribution in [0.15, 0.2) is 35.3 Å². The molecule has 0 aliphatic carbocycles. The standard InChI is InChI=1S/C13H17BrFN/c1-3-6-12(16-9-4-2)10-7-5-8-11(14)13(10)15/h3,5,7-8,12,16H,1,4,6,9H2,2H3. The van der Waals surface area contributed by atoms with E-state index in [1.165, 1.54) is 0 Å². The van der Waals surface area contributed by atoms with Gasteiger partial charge in [-0.25, -0.2) is 4.39 Å². The van der Waals surface area contributed by atoms with Gasteiger partial charge in [-0.2, -0.15) is 0 Å². The molecule has 0 saturated heterocycles. The monoisotopic (exact) mass is 285 g/mol. The van der Waals surface area contributed by atoms with Crippen LogP contribution < -0.4 is 5.32 Å². The molecular weight excluding hydrogens is 269 g/mol. The average Bonchev–Trinajstić information content (AvgIpc) is 2.28. The second-order valence-corrected chi connectivity index (χ2v) is 4.53. The summed E-state index contributed by atoms with van der Waals surface area (Å²) in [6.45, 7) is 6.68. The molecule has 0 spiro atoms. The zero-order chi connectivity index (χ0) is 12.0. The lowest BCUT2D eigenvalue weighted by Gasteiger charge is -2.18. The van der Waals surface area contributed by atoms with E-state index in [1.54, 1.807) is 6.07 Å². The number of hydrogen-bond acceptors (Lipinski definition) is 1. The molecule has 1 nitrogen and oxygen atoms in total. The van der Waals surface area contributed by atoms with Crippen molar-refractivity contribution in [3.63, 3.8) is 0 Å².